The fraction of sp³-hybridized carbons (Fsp3) is 0.276. The smallest absolute Gasteiger partial charge is 0.255 e. The lowest BCUT2D eigenvalue weighted by molar-refractivity contribution is -0.166. The number of amides is 1. The minimum Gasteiger partial charge on any atom is -0.508 e. The number of aromatic hydroxyl groups is 1. The number of nitrogens with zero attached hydrogens (tertiary/aromatic N) is 1. The van der Waals surface area contributed by atoms with E-state index >= 15 is 0 Å². The Bertz CT molecular complexity index is 1550. The van der Waals surface area contributed by atoms with Gasteiger partial charge >= 0.3 is 0 Å². The third-order valence-electron chi connectivity index (χ3n) is 7.97. The van der Waals surface area contributed by atoms with Gasteiger partial charge in [-0.3, -0.25) is 19.3 Å². The van der Waals surface area contributed by atoms with E-state index in [-0.39, 0.29) is 11.3 Å². The second-order valence-electron chi connectivity index (χ2n) is 10.3. The van der Waals surface area contributed by atoms with Crippen LogP contribution in [0.3, 0.4) is 0 Å². The summed E-state index contributed by atoms with van der Waals surface area (Å²) in [6.07, 6.45) is -0.0944. The molecule has 3 aliphatic rings. The van der Waals surface area contributed by atoms with Gasteiger partial charge in [0.2, 0.25) is 5.78 Å². The molecule has 0 bridgehead atoms. The highest BCUT2D eigenvalue weighted by atomic mass is 16.5. The number of carbonyl (C=O) groups excluding carboxylic acids is 3. The first-order chi connectivity index (χ1) is 18.9. The van der Waals surface area contributed by atoms with Crippen LogP contribution < -0.4 is 10.5 Å². The summed E-state index contributed by atoms with van der Waals surface area (Å²) in [7, 11) is 4.41. The summed E-state index contributed by atoms with van der Waals surface area (Å²) in [5.41, 5.74) is 2.01. The molecule has 1 fully saturated rings. The SMILES string of the molecule is COc1ccc(/C=C2\c3cccc(O)c3C(O)=C3C(=O)[C@]4(O)C(O)=C(C(N)=O)C(=O)[C@@H](N(C)C)[C@@H]4[C@@H](O)[C@@H]32)cc1. The second kappa shape index (κ2) is 9.33. The van der Waals surface area contributed by atoms with E-state index in [2.05, 4.69) is 0 Å². The molecule has 0 heterocycles. The Morgan fingerprint density at radius 3 is 2.30 bits per heavy atom. The highest BCUT2D eigenvalue weighted by Gasteiger charge is 2.68. The summed E-state index contributed by atoms with van der Waals surface area (Å²) in [5.74, 6) is -8.33. The van der Waals surface area contributed by atoms with Crippen molar-refractivity contribution in [3.63, 3.8) is 0 Å². The second-order valence-corrected chi connectivity index (χ2v) is 10.3. The van der Waals surface area contributed by atoms with E-state index in [1.807, 2.05) is 0 Å². The van der Waals surface area contributed by atoms with Crippen molar-refractivity contribution < 1.29 is 44.7 Å². The maximum Gasteiger partial charge on any atom is 0.255 e. The molecule has 11 heteroatoms. The maximum absolute atomic E-state index is 14.1. The number of methoxy groups -OCH3 is 1. The molecule has 11 nitrogen and oxygen atoms in total. The number of nitrogens with two attached hydrogens (primary N) is 1. The van der Waals surface area contributed by atoms with Crippen LogP contribution in [0.2, 0.25) is 0 Å². The number of likely N-dealkylation sites (N-methyl/N-ethyl adjacent to an activating group) is 1. The number of carbonyl (C=O) groups is 3. The van der Waals surface area contributed by atoms with E-state index in [1.54, 1.807) is 36.4 Å². The minimum absolute atomic E-state index is 0.120. The van der Waals surface area contributed by atoms with Crippen molar-refractivity contribution in [1.82, 2.24) is 4.90 Å². The summed E-state index contributed by atoms with van der Waals surface area (Å²) in [6, 6.07) is 9.81. The number of hydrogen-bond acceptors (Lipinski definition) is 10. The predicted octanol–water partition coefficient (Wildman–Crippen LogP) is 0.942. The van der Waals surface area contributed by atoms with Gasteiger partial charge in [-0.25, -0.2) is 0 Å². The third kappa shape index (κ3) is 3.59. The van der Waals surface area contributed by atoms with Crippen LogP contribution in [0.4, 0.5) is 0 Å². The van der Waals surface area contributed by atoms with Crippen LogP contribution >= 0.6 is 0 Å². The van der Waals surface area contributed by atoms with Crippen LogP contribution in [0.1, 0.15) is 16.7 Å². The molecule has 2 aromatic rings. The normalized spacial score (nSPS) is 28.9. The van der Waals surface area contributed by atoms with Crippen LogP contribution in [0.15, 0.2) is 59.4 Å². The van der Waals surface area contributed by atoms with Crippen molar-refractivity contribution >= 4 is 34.9 Å². The lowest BCUT2D eigenvalue weighted by atomic mass is 9.55. The number of primary amides is 1. The monoisotopic (exact) mass is 548 g/mol. The van der Waals surface area contributed by atoms with Crippen LogP contribution in [0.25, 0.3) is 17.4 Å². The first kappa shape index (κ1) is 27.1. The molecule has 5 rings (SSSR count). The molecule has 0 spiro atoms. The number of ether oxygens (including phenoxy) is 1. The maximum atomic E-state index is 14.1. The average molecular weight is 549 g/mol. The predicted molar refractivity (Wildman–Crippen MR) is 143 cm³/mol. The number of rotatable bonds is 4. The van der Waals surface area contributed by atoms with Crippen molar-refractivity contribution in [3.8, 4) is 11.5 Å². The Labute approximate surface area is 228 Å². The highest BCUT2D eigenvalue weighted by Crippen LogP contribution is 2.56. The third-order valence-corrected chi connectivity index (χ3v) is 7.97. The molecule has 2 aromatic carbocycles. The van der Waals surface area contributed by atoms with E-state index in [9.17, 15) is 39.9 Å². The van der Waals surface area contributed by atoms with Gasteiger partial charge in [-0.05, 0) is 49.0 Å². The highest BCUT2D eigenvalue weighted by molar-refractivity contribution is 6.25. The number of phenolic OH excluding ortho intramolecular Hbond substituents is 1. The summed E-state index contributed by atoms with van der Waals surface area (Å²) < 4.78 is 5.21. The van der Waals surface area contributed by atoms with Gasteiger partial charge in [0.05, 0.1) is 36.3 Å². The van der Waals surface area contributed by atoms with Crippen LogP contribution in [-0.2, 0) is 14.4 Å². The molecule has 1 saturated carbocycles. The molecule has 5 atom stereocenters. The molecule has 0 aromatic heterocycles. The first-order valence-corrected chi connectivity index (χ1v) is 12.4. The van der Waals surface area contributed by atoms with Gasteiger partial charge in [-0.2, -0.15) is 0 Å². The van der Waals surface area contributed by atoms with Gasteiger partial charge in [0, 0.05) is 5.92 Å². The molecule has 0 radical (unpaired) electrons. The zero-order chi connectivity index (χ0) is 29.3. The van der Waals surface area contributed by atoms with Crippen molar-refractivity contribution in [3.05, 3.63) is 76.1 Å². The molecule has 7 N–H and O–H groups in total. The lowest BCUT2D eigenvalue weighted by Gasteiger charge is -2.53. The first-order valence-electron chi connectivity index (χ1n) is 12.4. The van der Waals surface area contributed by atoms with Gasteiger partial charge in [0.25, 0.3) is 5.91 Å². The molecule has 40 heavy (non-hydrogen) atoms. The molecule has 0 aliphatic heterocycles. The molecule has 1 amide bonds. The Kier molecular flexibility index (Phi) is 6.33. The fourth-order valence-electron chi connectivity index (χ4n) is 6.19. The number of aliphatic hydroxyl groups excluding tert-OH is 3. The van der Waals surface area contributed by atoms with Crippen molar-refractivity contribution in [1.29, 1.82) is 0 Å². The zero-order valence-corrected chi connectivity index (χ0v) is 21.8. The summed E-state index contributed by atoms with van der Waals surface area (Å²) in [6.45, 7) is 0. The average Bonchev–Trinajstić information content (AvgIpc) is 2.90. The molecule has 0 unspecified atom stereocenters. The number of hydrogen-bond donors (Lipinski definition) is 6. The number of aliphatic hydroxyl groups is 4. The Balaban J connectivity index is 1.84. The van der Waals surface area contributed by atoms with E-state index < -0.39 is 69.7 Å². The van der Waals surface area contributed by atoms with Crippen LogP contribution in [0.5, 0.6) is 11.5 Å². The summed E-state index contributed by atoms with van der Waals surface area (Å²) in [4.78, 5) is 41.0. The van der Waals surface area contributed by atoms with Crippen LogP contribution in [-0.4, -0.2) is 86.9 Å². The molecular weight excluding hydrogens is 520 g/mol. The van der Waals surface area contributed by atoms with E-state index in [4.69, 9.17) is 10.5 Å². The van der Waals surface area contributed by atoms with E-state index in [1.165, 1.54) is 38.2 Å². The quantitative estimate of drug-likeness (QED) is 0.300. The van der Waals surface area contributed by atoms with Crippen molar-refractivity contribution in [2.75, 3.05) is 21.2 Å². The van der Waals surface area contributed by atoms with Gasteiger partial charge in [-0.1, -0.05) is 30.3 Å². The van der Waals surface area contributed by atoms with Gasteiger partial charge in [-0.15, -0.1) is 0 Å². The van der Waals surface area contributed by atoms with Crippen LogP contribution in [0, 0.1) is 11.8 Å². The Morgan fingerprint density at radius 2 is 1.73 bits per heavy atom. The van der Waals surface area contributed by atoms with Gasteiger partial charge < -0.3 is 36.0 Å². The zero-order valence-electron chi connectivity index (χ0n) is 21.8. The van der Waals surface area contributed by atoms with Gasteiger partial charge in [0.1, 0.15) is 28.6 Å². The van der Waals surface area contributed by atoms with Crippen molar-refractivity contribution in [2.24, 2.45) is 17.6 Å². The molecule has 0 saturated heterocycles. The Morgan fingerprint density at radius 1 is 1.07 bits per heavy atom. The largest absolute Gasteiger partial charge is 0.508 e. The lowest BCUT2D eigenvalue weighted by Crippen LogP contribution is -2.70. The standard InChI is InChI=1S/C29H28N2O9/c1-31(2)22-21-24(34)18-15(11-12-7-9-13(40-3)10-8-12)14-5-4-6-16(32)17(14)23(33)19(18)26(36)29(21,39)27(37)20(25(22)35)28(30)38/h4-11,18,21-22,24,32-34,37,39H,1-3H3,(H2,30,38)/b15-11+/t18-,21-,22+,24+,29+/m1/s1. The number of benzene rings is 2. The fourth-order valence-corrected chi connectivity index (χ4v) is 6.19. The molecule has 3 aliphatic carbocycles. The summed E-state index contributed by atoms with van der Waals surface area (Å²) in [5, 5.41) is 56.7. The number of Topliss-reactive ketones (excluding diaryl/α,β-unsaturated/α-hetero) is 2. The Hall–Kier alpha value is -4.45. The van der Waals surface area contributed by atoms with E-state index in [0.29, 0.717) is 22.4 Å². The van der Waals surface area contributed by atoms with Gasteiger partial charge in [0.15, 0.2) is 11.4 Å². The number of ketones is 2. The minimum atomic E-state index is -2.99. The van der Waals surface area contributed by atoms with Crippen molar-refractivity contribution in [2.45, 2.75) is 17.7 Å². The van der Waals surface area contributed by atoms with E-state index in [0.717, 1.165) is 0 Å². The topological polar surface area (TPSA) is 191 Å². The molecule has 208 valence electrons. The number of phenols is 1. The molecular formula is C29H28N2O9. The summed E-state index contributed by atoms with van der Waals surface area (Å²) >= 11 is 0. The number of fused-ring (bicyclic) bond motifs is 3.